The first-order valence-corrected chi connectivity index (χ1v) is 16.8. The fourth-order valence-electron chi connectivity index (χ4n) is 5.51. The van der Waals surface area contributed by atoms with E-state index in [1.165, 1.54) is 4.90 Å². The second-order valence-corrected chi connectivity index (χ2v) is 14.7. The second kappa shape index (κ2) is 16.6. The van der Waals surface area contributed by atoms with Gasteiger partial charge in [-0.15, -0.1) is 0 Å². The van der Waals surface area contributed by atoms with Gasteiger partial charge in [0.1, 0.15) is 29.3 Å². The Morgan fingerprint density at radius 1 is 0.673 bits per heavy atom. The van der Waals surface area contributed by atoms with E-state index in [-0.39, 0.29) is 12.8 Å². The van der Waals surface area contributed by atoms with E-state index >= 15 is 0 Å². The highest BCUT2D eigenvalue weighted by Gasteiger charge is 2.40. The number of benzene rings is 3. The van der Waals surface area contributed by atoms with Crippen LogP contribution in [0.5, 0.6) is 0 Å². The smallest absolute Gasteiger partial charge is 0.408 e. The fourth-order valence-corrected chi connectivity index (χ4v) is 5.51. The highest BCUT2D eigenvalue weighted by atomic mass is 16.6. The zero-order valence-corrected chi connectivity index (χ0v) is 30.6. The normalized spacial score (nSPS) is 13.5. The van der Waals surface area contributed by atoms with Crippen molar-refractivity contribution < 1.29 is 28.7 Å². The number of carbonyl (C=O) groups excluding carboxylic acids is 4. The highest BCUT2D eigenvalue weighted by molar-refractivity contribution is 5.94. The maximum atomic E-state index is 14.8. The monoisotopic (exact) mass is 671 g/mol. The van der Waals surface area contributed by atoms with Gasteiger partial charge in [-0.1, -0.05) is 78.9 Å². The van der Waals surface area contributed by atoms with Gasteiger partial charge in [0.25, 0.3) is 0 Å². The quantitative estimate of drug-likeness (QED) is 0.205. The summed E-state index contributed by atoms with van der Waals surface area (Å²) in [5, 5.41) is 5.75. The fraction of sp³-hybridized carbons (Fsp3) is 0.450. The van der Waals surface area contributed by atoms with Gasteiger partial charge in [0.2, 0.25) is 11.8 Å². The Kier molecular flexibility index (Phi) is 13.2. The molecule has 49 heavy (non-hydrogen) atoms. The molecule has 0 radical (unpaired) electrons. The molecule has 9 heteroatoms. The lowest BCUT2D eigenvalue weighted by molar-refractivity contribution is -0.159. The zero-order valence-electron chi connectivity index (χ0n) is 30.6. The van der Waals surface area contributed by atoms with Gasteiger partial charge in [-0.2, -0.15) is 0 Å². The van der Waals surface area contributed by atoms with E-state index in [0.29, 0.717) is 5.56 Å². The van der Waals surface area contributed by atoms with Gasteiger partial charge in [0.05, 0.1) is 0 Å². The number of rotatable bonds is 12. The molecule has 3 atom stereocenters. The number of nitrogens with one attached hydrogen (secondary N) is 2. The average Bonchev–Trinajstić information content (AvgIpc) is 2.99. The van der Waals surface area contributed by atoms with Crippen molar-refractivity contribution in [2.75, 3.05) is 0 Å². The molecule has 0 saturated carbocycles. The molecule has 0 aliphatic carbocycles. The van der Waals surface area contributed by atoms with Crippen molar-refractivity contribution in [2.24, 2.45) is 0 Å². The lowest BCUT2D eigenvalue weighted by atomic mass is 9.93. The van der Waals surface area contributed by atoms with Crippen molar-refractivity contribution in [2.45, 2.75) is 117 Å². The van der Waals surface area contributed by atoms with E-state index in [1.54, 1.807) is 41.5 Å². The minimum atomic E-state index is -1.15. The molecular weight excluding hydrogens is 618 g/mol. The first-order valence-electron chi connectivity index (χ1n) is 16.8. The van der Waals surface area contributed by atoms with Crippen molar-refractivity contribution in [3.05, 3.63) is 107 Å². The maximum absolute atomic E-state index is 14.8. The molecule has 0 aliphatic heterocycles. The van der Waals surface area contributed by atoms with Crippen molar-refractivity contribution in [1.29, 1.82) is 0 Å². The number of hydrogen-bond donors (Lipinski definition) is 2. The van der Waals surface area contributed by atoms with Gasteiger partial charge >= 0.3 is 12.1 Å². The maximum Gasteiger partial charge on any atom is 0.408 e. The molecule has 0 bridgehead atoms. The molecule has 0 aromatic heterocycles. The third kappa shape index (κ3) is 11.8. The number of esters is 1. The molecule has 0 saturated heterocycles. The Bertz CT molecular complexity index is 1570. The Morgan fingerprint density at radius 2 is 1.18 bits per heavy atom. The predicted molar refractivity (Wildman–Crippen MR) is 192 cm³/mol. The molecule has 3 aromatic carbocycles. The first kappa shape index (κ1) is 38.8. The molecule has 0 aliphatic rings. The topological polar surface area (TPSA) is 114 Å². The number of nitrogens with zero attached hydrogens (tertiary/aromatic N) is 1. The standard InChI is InChI=1S/C40H53N3O6/c1-26(2)43(36(45)32(24-29-19-13-11-14-20-29)42-38(47)49-40(8,9)10)34(31-23-17-18-27(3)28(31)4)35(44)41-33(37(46)48-39(5,6)7)25-30-21-15-12-16-22-30/h11-23,26,32-34H,24-25H2,1-10H3,(H,41,44)(H,42,47). The number of amides is 3. The van der Waals surface area contributed by atoms with Crippen LogP contribution in [0, 0.1) is 13.8 Å². The van der Waals surface area contributed by atoms with Gasteiger partial charge in [0, 0.05) is 18.9 Å². The number of alkyl carbamates (subject to hydrolysis) is 1. The van der Waals surface area contributed by atoms with E-state index in [4.69, 9.17) is 9.47 Å². The van der Waals surface area contributed by atoms with Crippen LogP contribution >= 0.6 is 0 Å². The summed E-state index contributed by atoms with van der Waals surface area (Å²) >= 11 is 0. The van der Waals surface area contributed by atoms with Gasteiger partial charge in [-0.05, 0) is 97.1 Å². The molecule has 3 amide bonds. The SMILES string of the molecule is Cc1cccc(C(C(=O)NC(Cc2ccccc2)C(=O)OC(C)(C)C)N(C(=O)C(Cc2ccccc2)NC(=O)OC(C)(C)C)C(C)C)c1C. The summed E-state index contributed by atoms with van der Waals surface area (Å²) < 4.78 is 11.3. The summed E-state index contributed by atoms with van der Waals surface area (Å²) in [5.74, 6) is -1.60. The molecule has 3 aromatic rings. The Balaban J connectivity index is 2.13. The Morgan fingerprint density at radius 3 is 1.67 bits per heavy atom. The number of ether oxygens (including phenoxy) is 2. The van der Waals surface area contributed by atoms with Crippen LogP contribution in [0.15, 0.2) is 78.9 Å². The number of aryl methyl sites for hydroxylation is 1. The molecule has 2 N–H and O–H groups in total. The summed E-state index contributed by atoms with van der Waals surface area (Å²) in [6.45, 7) is 18.1. The van der Waals surface area contributed by atoms with E-state index in [1.807, 2.05) is 107 Å². The van der Waals surface area contributed by atoms with Crippen molar-refractivity contribution in [3.63, 3.8) is 0 Å². The number of hydrogen-bond acceptors (Lipinski definition) is 6. The largest absolute Gasteiger partial charge is 0.458 e. The zero-order chi connectivity index (χ0) is 36.5. The van der Waals surface area contributed by atoms with Crippen LogP contribution in [-0.4, -0.2) is 58.1 Å². The average molecular weight is 672 g/mol. The van der Waals surface area contributed by atoms with Crippen LogP contribution in [0.2, 0.25) is 0 Å². The number of carbonyl (C=O) groups is 4. The van der Waals surface area contributed by atoms with Gasteiger partial charge in [-0.3, -0.25) is 9.59 Å². The Labute approximate surface area is 291 Å². The molecule has 3 unspecified atom stereocenters. The summed E-state index contributed by atoms with van der Waals surface area (Å²) in [6.07, 6.45) is -0.392. The molecule has 0 heterocycles. The van der Waals surface area contributed by atoms with Crippen LogP contribution in [0.25, 0.3) is 0 Å². The lowest BCUT2D eigenvalue weighted by Gasteiger charge is -2.38. The van der Waals surface area contributed by atoms with E-state index in [9.17, 15) is 19.2 Å². The Hall–Kier alpha value is -4.66. The van der Waals surface area contributed by atoms with Crippen LogP contribution in [0.4, 0.5) is 4.79 Å². The molecule has 9 nitrogen and oxygen atoms in total. The molecule has 3 rings (SSSR count). The third-order valence-corrected chi connectivity index (χ3v) is 7.84. The minimum absolute atomic E-state index is 0.164. The lowest BCUT2D eigenvalue weighted by Crippen LogP contribution is -2.57. The summed E-state index contributed by atoms with van der Waals surface area (Å²) in [6, 6.07) is 20.6. The summed E-state index contributed by atoms with van der Waals surface area (Å²) in [7, 11) is 0. The van der Waals surface area contributed by atoms with Crippen LogP contribution in [-0.2, 0) is 36.7 Å². The van der Waals surface area contributed by atoms with Crippen molar-refractivity contribution >= 4 is 23.9 Å². The summed E-state index contributed by atoms with van der Waals surface area (Å²) in [4.78, 5) is 57.7. The predicted octanol–water partition coefficient (Wildman–Crippen LogP) is 6.79. The van der Waals surface area contributed by atoms with Gasteiger partial charge in [0.15, 0.2) is 0 Å². The van der Waals surface area contributed by atoms with Crippen LogP contribution < -0.4 is 10.6 Å². The molecule has 0 spiro atoms. The molecular formula is C40H53N3O6. The minimum Gasteiger partial charge on any atom is -0.458 e. The van der Waals surface area contributed by atoms with Gasteiger partial charge < -0.3 is 25.0 Å². The van der Waals surface area contributed by atoms with E-state index in [0.717, 1.165) is 22.3 Å². The van der Waals surface area contributed by atoms with Gasteiger partial charge in [-0.25, -0.2) is 9.59 Å². The molecule has 0 fully saturated rings. The third-order valence-electron chi connectivity index (χ3n) is 7.84. The second-order valence-electron chi connectivity index (χ2n) is 14.7. The molecule has 264 valence electrons. The van der Waals surface area contributed by atoms with E-state index < -0.39 is 59.2 Å². The van der Waals surface area contributed by atoms with Crippen LogP contribution in [0.3, 0.4) is 0 Å². The van der Waals surface area contributed by atoms with Crippen LogP contribution in [0.1, 0.15) is 89.2 Å². The highest BCUT2D eigenvalue weighted by Crippen LogP contribution is 2.30. The van der Waals surface area contributed by atoms with Crippen molar-refractivity contribution in [3.8, 4) is 0 Å². The summed E-state index contributed by atoms with van der Waals surface area (Å²) in [5.41, 5.74) is 2.45. The van der Waals surface area contributed by atoms with E-state index in [2.05, 4.69) is 10.6 Å². The van der Waals surface area contributed by atoms with Crippen molar-refractivity contribution in [1.82, 2.24) is 15.5 Å². The first-order chi connectivity index (χ1) is 22.9.